The minimum Gasteiger partial charge on any atom is -0.497 e. The Morgan fingerprint density at radius 3 is 2.64 bits per heavy atom. The van der Waals surface area contributed by atoms with E-state index >= 15 is 0 Å². The lowest BCUT2D eigenvalue weighted by Gasteiger charge is -2.09. The van der Waals surface area contributed by atoms with Crippen LogP contribution in [0.2, 0.25) is 0 Å². The molecule has 0 aliphatic rings. The van der Waals surface area contributed by atoms with Gasteiger partial charge in [-0.05, 0) is 24.3 Å². The van der Waals surface area contributed by atoms with E-state index in [-0.39, 0.29) is 12.1 Å². The number of carbonyl (C=O) groups is 1. The number of carbonyl (C=O) groups excluding carboxylic acids is 1. The van der Waals surface area contributed by atoms with Crippen molar-refractivity contribution >= 4 is 16.9 Å². The van der Waals surface area contributed by atoms with Gasteiger partial charge in [0.1, 0.15) is 22.6 Å². The van der Waals surface area contributed by atoms with E-state index in [0.29, 0.717) is 22.5 Å². The van der Waals surface area contributed by atoms with Crippen LogP contribution in [0.15, 0.2) is 57.7 Å². The molecule has 0 saturated heterocycles. The summed E-state index contributed by atoms with van der Waals surface area (Å²) in [5.74, 6) is 0.738. The second kappa shape index (κ2) is 7.09. The monoisotopic (exact) mass is 339 g/mol. The molecular weight excluding hydrogens is 322 g/mol. The summed E-state index contributed by atoms with van der Waals surface area (Å²) < 4.78 is 15.6. The van der Waals surface area contributed by atoms with E-state index in [1.54, 1.807) is 31.4 Å². The first-order valence-electron chi connectivity index (χ1n) is 7.64. The van der Waals surface area contributed by atoms with Gasteiger partial charge in [-0.15, -0.1) is 0 Å². The van der Waals surface area contributed by atoms with Crippen molar-refractivity contribution in [1.29, 1.82) is 0 Å². The molecule has 25 heavy (non-hydrogen) atoms. The summed E-state index contributed by atoms with van der Waals surface area (Å²) in [5.41, 5.74) is 0.435. The molecule has 0 bridgehead atoms. The third kappa shape index (κ3) is 3.47. The number of para-hydroxylation sites is 1. The lowest BCUT2D eigenvalue weighted by atomic mass is 10.1. The van der Waals surface area contributed by atoms with Crippen molar-refractivity contribution in [3.63, 3.8) is 0 Å². The second-order valence-corrected chi connectivity index (χ2v) is 5.35. The number of methoxy groups -OCH3 is 2. The van der Waals surface area contributed by atoms with Crippen LogP contribution in [-0.2, 0) is 6.54 Å². The van der Waals surface area contributed by atoms with Gasteiger partial charge in [-0.1, -0.05) is 18.2 Å². The van der Waals surface area contributed by atoms with Crippen LogP contribution in [0.1, 0.15) is 15.9 Å². The molecule has 6 heteroatoms. The quantitative estimate of drug-likeness (QED) is 0.723. The first-order valence-corrected chi connectivity index (χ1v) is 7.64. The Morgan fingerprint density at radius 2 is 1.88 bits per heavy atom. The van der Waals surface area contributed by atoms with Gasteiger partial charge in [0.15, 0.2) is 0 Å². The number of hydrogen-bond donors (Lipinski definition) is 1. The summed E-state index contributed by atoms with van der Waals surface area (Å²) in [4.78, 5) is 24.5. The molecule has 2 aromatic carbocycles. The van der Waals surface area contributed by atoms with Crippen LogP contribution in [0.25, 0.3) is 11.0 Å². The Balaban J connectivity index is 1.84. The number of nitrogens with one attached hydrogen (secondary N) is 1. The van der Waals surface area contributed by atoms with E-state index < -0.39 is 11.5 Å². The molecule has 0 saturated carbocycles. The first kappa shape index (κ1) is 16.6. The lowest BCUT2D eigenvalue weighted by molar-refractivity contribution is 0.0947. The van der Waals surface area contributed by atoms with Crippen molar-refractivity contribution in [1.82, 2.24) is 5.32 Å². The van der Waals surface area contributed by atoms with Crippen LogP contribution < -0.4 is 20.4 Å². The molecule has 3 aromatic rings. The van der Waals surface area contributed by atoms with Crippen molar-refractivity contribution in [3.8, 4) is 11.5 Å². The van der Waals surface area contributed by atoms with Crippen LogP contribution >= 0.6 is 0 Å². The van der Waals surface area contributed by atoms with Gasteiger partial charge in [-0.25, -0.2) is 4.79 Å². The van der Waals surface area contributed by atoms with E-state index in [9.17, 15) is 9.59 Å². The molecular formula is C19H17NO5. The zero-order valence-electron chi connectivity index (χ0n) is 13.9. The van der Waals surface area contributed by atoms with E-state index in [0.717, 1.165) is 5.56 Å². The fourth-order valence-electron chi connectivity index (χ4n) is 2.50. The highest BCUT2D eigenvalue weighted by Gasteiger charge is 2.14. The zero-order chi connectivity index (χ0) is 17.8. The van der Waals surface area contributed by atoms with Gasteiger partial charge in [-0.3, -0.25) is 4.79 Å². The SMILES string of the molecule is COc1ccc2cc(C(=O)NCc3ccccc3OC)c(=O)oc2c1. The molecule has 1 amide bonds. The second-order valence-electron chi connectivity index (χ2n) is 5.35. The van der Waals surface area contributed by atoms with E-state index in [4.69, 9.17) is 13.9 Å². The molecule has 0 fully saturated rings. The Bertz CT molecular complexity index is 977. The Morgan fingerprint density at radius 1 is 1.08 bits per heavy atom. The van der Waals surface area contributed by atoms with Crippen LogP contribution in [0, 0.1) is 0 Å². The highest BCUT2D eigenvalue weighted by atomic mass is 16.5. The smallest absolute Gasteiger partial charge is 0.349 e. The molecule has 0 radical (unpaired) electrons. The standard InChI is InChI=1S/C19H17NO5/c1-23-14-8-7-12-9-15(19(22)25-17(12)10-14)18(21)20-11-13-5-3-4-6-16(13)24-2/h3-10H,11H2,1-2H3,(H,20,21). The maximum Gasteiger partial charge on any atom is 0.349 e. The third-order valence-corrected chi connectivity index (χ3v) is 3.82. The number of rotatable bonds is 5. The average molecular weight is 339 g/mol. The number of ether oxygens (including phenoxy) is 2. The summed E-state index contributed by atoms with van der Waals surface area (Å²) in [5, 5.41) is 3.36. The average Bonchev–Trinajstić information content (AvgIpc) is 2.65. The minimum atomic E-state index is -0.696. The molecule has 3 rings (SSSR count). The molecule has 0 spiro atoms. The van der Waals surface area contributed by atoms with Crippen LogP contribution in [0.5, 0.6) is 11.5 Å². The predicted octanol–water partition coefficient (Wildman–Crippen LogP) is 2.74. The number of fused-ring (bicyclic) bond motifs is 1. The van der Waals surface area contributed by atoms with Gasteiger partial charge in [0.25, 0.3) is 5.91 Å². The predicted molar refractivity (Wildman–Crippen MR) is 93.2 cm³/mol. The Kier molecular flexibility index (Phi) is 4.70. The molecule has 0 aliphatic heterocycles. The fourth-order valence-corrected chi connectivity index (χ4v) is 2.50. The number of amides is 1. The molecule has 0 atom stereocenters. The van der Waals surface area contributed by atoms with Gasteiger partial charge in [0.2, 0.25) is 0 Å². The van der Waals surface area contributed by atoms with E-state index in [1.165, 1.54) is 13.2 Å². The molecule has 0 aliphatic carbocycles. The summed E-state index contributed by atoms with van der Waals surface area (Å²) in [6.45, 7) is 0.239. The first-order chi connectivity index (χ1) is 12.1. The number of benzene rings is 2. The molecule has 1 aromatic heterocycles. The summed E-state index contributed by atoms with van der Waals surface area (Å²) in [7, 11) is 3.09. The molecule has 1 N–H and O–H groups in total. The molecule has 128 valence electrons. The Labute approximate surface area is 144 Å². The molecule has 6 nitrogen and oxygen atoms in total. The largest absolute Gasteiger partial charge is 0.497 e. The summed E-state index contributed by atoms with van der Waals surface area (Å²) in [6.07, 6.45) is 0. The van der Waals surface area contributed by atoms with Crippen molar-refractivity contribution < 1.29 is 18.7 Å². The summed E-state index contributed by atoms with van der Waals surface area (Å²) >= 11 is 0. The van der Waals surface area contributed by atoms with Crippen molar-refractivity contribution in [3.05, 3.63) is 70.1 Å². The highest BCUT2D eigenvalue weighted by molar-refractivity contribution is 5.96. The third-order valence-electron chi connectivity index (χ3n) is 3.82. The van der Waals surface area contributed by atoms with Gasteiger partial charge < -0.3 is 19.2 Å². The fraction of sp³-hybridized carbons (Fsp3) is 0.158. The minimum absolute atomic E-state index is 0.0486. The van der Waals surface area contributed by atoms with Crippen molar-refractivity contribution in [2.24, 2.45) is 0 Å². The van der Waals surface area contributed by atoms with Crippen LogP contribution in [0.3, 0.4) is 0 Å². The number of hydrogen-bond acceptors (Lipinski definition) is 5. The lowest BCUT2D eigenvalue weighted by Crippen LogP contribution is -2.28. The normalized spacial score (nSPS) is 10.5. The van der Waals surface area contributed by atoms with Crippen molar-refractivity contribution in [2.75, 3.05) is 14.2 Å². The molecule has 1 heterocycles. The van der Waals surface area contributed by atoms with Crippen LogP contribution in [-0.4, -0.2) is 20.1 Å². The highest BCUT2D eigenvalue weighted by Crippen LogP contribution is 2.20. The van der Waals surface area contributed by atoms with E-state index in [1.807, 2.05) is 18.2 Å². The molecule has 0 unspecified atom stereocenters. The van der Waals surface area contributed by atoms with Gasteiger partial charge in [0, 0.05) is 23.6 Å². The van der Waals surface area contributed by atoms with Crippen molar-refractivity contribution in [2.45, 2.75) is 6.54 Å². The van der Waals surface area contributed by atoms with Gasteiger partial charge in [0.05, 0.1) is 14.2 Å². The Hall–Kier alpha value is -3.28. The van der Waals surface area contributed by atoms with Gasteiger partial charge >= 0.3 is 5.63 Å². The van der Waals surface area contributed by atoms with E-state index in [2.05, 4.69) is 5.32 Å². The van der Waals surface area contributed by atoms with Crippen LogP contribution in [0.4, 0.5) is 0 Å². The summed E-state index contributed by atoms with van der Waals surface area (Å²) in [6, 6.07) is 13.9. The zero-order valence-corrected chi connectivity index (χ0v) is 13.9. The van der Waals surface area contributed by atoms with Gasteiger partial charge in [-0.2, -0.15) is 0 Å². The topological polar surface area (TPSA) is 77.8 Å². The maximum absolute atomic E-state index is 12.4. The maximum atomic E-state index is 12.4.